The quantitative estimate of drug-likeness (QED) is 0.373. The third-order valence-corrected chi connectivity index (χ3v) is 4.40. The van der Waals surface area contributed by atoms with E-state index in [9.17, 15) is 18.0 Å². The van der Waals surface area contributed by atoms with Crippen LogP contribution in [0.25, 0.3) is 0 Å². The first kappa shape index (κ1) is 22.0. The van der Waals surface area contributed by atoms with E-state index in [4.69, 9.17) is 0 Å². The minimum Gasteiger partial charge on any atom is -0.357 e. The van der Waals surface area contributed by atoms with Gasteiger partial charge in [0.1, 0.15) is 0 Å². The van der Waals surface area contributed by atoms with E-state index in [0.29, 0.717) is 25.6 Å². The van der Waals surface area contributed by atoms with E-state index in [0.717, 1.165) is 43.8 Å². The smallest absolute Gasteiger partial charge is 0.357 e. The molecule has 2 rings (SSSR count). The lowest BCUT2D eigenvalue weighted by Crippen LogP contribution is -2.44. The van der Waals surface area contributed by atoms with Gasteiger partial charge in [-0.1, -0.05) is 12.1 Å². The van der Waals surface area contributed by atoms with Crippen LogP contribution >= 0.6 is 0 Å². The van der Waals surface area contributed by atoms with E-state index in [1.807, 2.05) is 6.92 Å². The number of carbonyl (C=O) groups is 1. The second-order valence-electron chi connectivity index (χ2n) is 6.80. The molecule has 6 nitrogen and oxygen atoms in total. The maximum absolute atomic E-state index is 12.7. The number of hydrogen-bond acceptors (Lipinski definition) is 3. The highest BCUT2D eigenvalue weighted by atomic mass is 19.4. The molecule has 0 bridgehead atoms. The number of nitrogens with zero attached hydrogens (tertiary/aromatic N) is 2. The zero-order chi connectivity index (χ0) is 20.6. The average Bonchev–Trinajstić information content (AvgIpc) is 3.05. The zero-order valence-corrected chi connectivity index (χ0v) is 16.3. The third-order valence-electron chi connectivity index (χ3n) is 4.40. The van der Waals surface area contributed by atoms with Crippen molar-refractivity contribution in [2.24, 2.45) is 4.99 Å². The van der Waals surface area contributed by atoms with Crippen molar-refractivity contribution in [3.8, 4) is 0 Å². The Kier molecular flexibility index (Phi) is 8.10. The summed E-state index contributed by atoms with van der Waals surface area (Å²) in [6, 6.07) is 5.56. The fourth-order valence-electron chi connectivity index (χ4n) is 3.06. The molecule has 1 heterocycles. The summed E-state index contributed by atoms with van der Waals surface area (Å²) in [5.41, 5.74) is 0.243. The second kappa shape index (κ2) is 10.3. The number of nitrogens with one attached hydrogen (secondary N) is 3. The minimum atomic E-state index is -4.30. The monoisotopic (exact) mass is 399 g/mol. The Morgan fingerprint density at radius 3 is 2.57 bits per heavy atom. The summed E-state index contributed by atoms with van der Waals surface area (Å²) in [7, 11) is 0. The number of hydrogen-bond donors (Lipinski definition) is 3. The van der Waals surface area contributed by atoms with Crippen LogP contribution in [0.5, 0.6) is 0 Å². The number of carbonyl (C=O) groups excluding carboxylic acids is 1. The fourth-order valence-corrected chi connectivity index (χ4v) is 3.06. The summed E-state index contributed by atoms with van der Waals surface area (Å²) in [6.07, 6.45) is -3.38. The highest BCUT2D eigenvalue weighted by Crippen LogP contribution is 2.29. The first-order valence-electron chi connectivity index (χ1n) is 9.45. The van der Waals surface area contributed by atoms with Crippen LogP contribution in [0.1, 0.15) is 31.4 Å². The molecule has 1 aromatic carbocycles. The maximum atomic E-state index is 12.7. The number of halogens is 3. The van der Waals surface area contributed by atoms with Crippen molar-refractivity contribution in [3.63, 3.8) is 0 Å². The Bertz CT molecular complexity index is 661. The van der Waals surface area contributed by atoms with Crippen LogP contribution in [0.15, 0.2) is 29.3 Å². The summed E-state index contributed by atoms with van der Waals surface area (Å²) in [6.45, 7) is 7.42. The van der Waals surface area contributed by atoms with Crippen molar-refractivity contribution in [1.29, 1.82) is 0 Å². The standard InChI is InChI=1S/C19H28F3N5O/c1-3-23-18(25-10-9-24-14(2)28)26-17-8-11-27(13-17)12-15-4-6-16(7-5-15)19(20,21)22/h4-7,17H,3,8-13H2,1-2H3,(H,24,28)(H2,23,25,26). The van der Waals surface area contributed by atoms with Crippen LogP contribution in [-0.2, 0) is 17.5 Å². The van der Waals surface area contributed by atoms with Crippen LogP contribution in [0, 0.1) is 0 Å². The molecule has 0 spiro atoms. The van der Waals surface area contributed by atoms with E-state index in [1.165, 1.54) is 19.1 Å². The molecule has 1 aliphatic heterocycles. The summed E-state index contributed by atoms with van der Waals surface area (Å²) >= 11 is 0. The SMILES string of the molecule is CCNC(=NCCNC(C)=O)NC1CCN(Cc2ccc(C(F)(F)F)cc2)C1. The van der Waals surface area contributed by atoms with Crippen LogP contribution in [-0.4, -0.2) is 55.5 Å². The molecule has 3 N–H and O–H groups in total. The predicted octanol–water partition coefficient (Wildman–Crippen LogP) is 1.97. The van der Waals surface area contributed by atoms with Crippen molar-refractivity contribution < 1.29 is 18.0 Å². The Morgan fingerprint density at radius 1 is 1.25 bits per heavy atom. The number of rotatable bonds is 7. The fraction of sp³-hybridized carbons (Fsp3) is 0.579. The molecule has 0 radical (unpaired) electrons. The van der Waals surface area contributed by atoms with Gasteiger partial charge in [0.05, 0.1) is 12.1 Å². The van der Waals surface area contributed by atoms with Gasteiger partial charge in [0.25, 0.3) is 0 Å². The predicted molar refractivity (Wildman–Crippen MR) is 103 cm³/mol. The van der Waals surface area contributed by atoms with Crippen LogP contribution < -0.4 is 16.0 Å². The van der Waals surface area contributed by atoms with Gasteiger partial charge in [-0.15, -0.1) is 0 Å². The lowest BCUT2D eigenvalue weighted by molar-refractivity contribution is -0.137. The largest absolute Gasteiger partial charge is 0.416 e. The summed E-state index contributed by atoms with van der Waals surface area (Å²) in [5, 5.41) is 9.27. The number of benzene rings is 1. The van der Waals surface area contributed by atoms with Gasteiger partial charge >= 0.3 is 6.18 Å². The second-order valence-corrected chi connectivity index (χ2v) is 6.80. The topological polar surface area (TPSA) is 68.8 Å². The maximum Gasteiger partial charge on any atom is 0.416 e. The van der Waals surface area contributed by atoms with Gasteiger partial charge in [-0.2, -0.15) is 13.2 Å². The van der Waals surface area contributed by atoms with E-state index in [1.54, 1.807) is 0 Å². The van der Waals surface area contributed by atoms with Crippen LogP contribution in [0.3, 0.4) is 0 Å². The molecule has 1 unspecified atom stereocenters. The highest BCUT2D eigenvalue weighted by Gasteiger charge is 2.30. The normalized spacial score (nSPS) is 18.2. The van der Waals surface area contributed by atoms with Gasteiger partial charge in [0.2, 0.25) is 5.91 Å². The highest BCUT2D eigenvalue weighted by molar-refractivity contribution is 5.80. The van der Waals surface area contributed by atoms with Gasteiger partial charge in [-0.3, -0.25) is 14.7 Å². The first-order valence-corrected chi connectivity index (χ1v) is 9.45. The van der Waals surface area contributed by atoms with Crippen molar-refractivity contribution in [3.05, 3.63) is 35.4 Å². The molecule has 1 aromatic rings. The van der Waals surface area contributed by atoms with Crippen LogP contribution in [0.4, 0.5) is 13.2 Å². The van der Waals surface area contributed by atoms with E-state index in [2.05, 4.69) is 25.8 Å². The van der Waals surface area contributed by atoms with Crippen molar-refractivity contribution in [1.82, 2.24) is 20.9 Å². The van der Waals surface area contributed by atoms with Crippen LogP contribution in [0.2, 0.25) is 0 Å². The van der Waals surface area contributed by atoms with Crippen molar-refractivity contribution in [2.75, 3.05) is 32.7 Å². The number of guanidine groups is 1. The molecular weight excluding hydrogens is 371 g/mol. The number of amides is 1. The van der Waals surface area contributed by atoms with Gasteiger partial charge < -0.3 is 16.0 Å². The minimum absolute atomic E-state index is 0.0807. The number of likely N-dealkylation sites (tertiary alicyclic amines) is 1. The molecule has 1 saturated heterocycles. The Morgan fingerprint density at radius 2 is 1.96 bits per heavy atom. The van der Waals surface area contributed by atoms with Crippen molar-refractivity contribution in [2.45, 2.75) is 39.0 Å². The average molecular weight is 399 g/mol. The molecule has 0 saturated carbocycles. The molecule has 28 heavy (non-hydrogen) atoms. The van der Waals surface area contributed by atoms with Crippen molar-refractivity contribution >= 4 is 11.9 Å². The van der Waals surface area contributed by atoms with E-state index < -0.39 is 11.7 Å². The molecule has 0 aliphatic carbocycles. The molecular formula is C19H28F3N5O. The summed E-state index contributed by atoms with van der Waals surface area (Å²) in [5.74, 6) is 0.622. The zero-order valence-electron chi connectivity index (χ0n) is 16.3. The third kappa shape index (κ3) is 7.38. The molecule has 1 fully saturated rings. The summed E-state index contributed by atoms with van der Waals surface area (Å²) in [4.78, 5) is 17.5. The lowest BCUT2D eigenvalue weighted by atomic mass is 10.1. The Hall–Kier alpha value is -2.29. The van der Waals surface area contributed by atoms with Gasteiger partial charge in [-0.25, -0.2) is 0 Å². The van der Waals surface area contributed by atoms with Gasteiger partial charge in [0.15, 0.2) is 5.96 Å². The molecule has 0 aromatic heterocycles. The Labute approximate surface area is 163 Å². The first-order chi connectivity index (χ1) is 13.3. The molecule has 156 valence electrons. The van der Waals surface area contributed by atoms with E-state index >= 15 is 0 Å². The number of alkyl halides is 3. The molecule has 1 aliphatic rings. The molecule has 1 amide bonds. The van der Waals surface area contributed by atoms with Gasteiger partial charge in [-0.05, 0) is 31.0 Å². The van der Waals surface area contributed by atoms with Gasteiger partial charge in [0, 0.05) is 45.7 Å². The molecule has 9 heteroatoms. The number of aliphatic imine (C=N–C) groups is 1. The lowest BCUT2D eigenvalue weighted by Gasteiger charge is -2.19. The van der Waals surface area contributed by atoms with E-state index in [-0.39, 0.29) is 11.9 Å². The molecule has 1 atom stereocenters. The Balaban J connectivity index is 1.82. The summed E-state index contributed by atoms with van der Waals surface area (Å²) < 4.78 is 38.0.